The normalized spacial score (nSPS) is 15.6. The zero-order chi connectivity index (χ0) is 18.0. The van der Waals surface area contributed by atoms with Crippen LogP contribution in [0.25, 0.3) is 11.0 Å². The Kier molecular flexibility index (Phi) is 4.92. The van der Waals surface area contributed by atoms with Gasteiger partial charge < -0.3 is 10.6 Å². The number of hydrogen-bond donors (Lipinski definition) is 1. The second-order valence-electron chi connectivity index (χ2n) is 6.60. The maximum absolute atomic E-state index is 12.7. The summed E-state index contributed by atoms with van der Waals surface area (Å²) in [6.07, 6.45) is 1.94. The minimum atomic E-state index is -0.288. The molecule has 7 heteroatoms. The number of hydrogen-bond acceptors (Lipinski definition) is 3. The number of para-hydroxylation sites is 2. The summed E-state index contributed by atoms with van der Waals surface area (Å²) in [6.45, 7) is 3.76. The molecule has 0 unspecified atom stereocenters. The number of carbonyl (C=O) groups excluding carboxylic acids is 2. The molecule has 134 valence electrons. The van der Waals surface area contributed by atoms with Crippen LogP contribution in [0.1, 0.15) is 26.2 Å². The Morgan fingerprint density at radius 1 is 1.12 bits per heavy atom. The lowest BCUT2D eigenvalue weighted by atomic mass is 9.93. The van der Waals surface area contributed by atoms with Crippen LogP contribution in [0.3, 0.4) is 0 Å². The van der Waals surface area contributed by atoms with E-state index in [4.69, 9.17) is 5.73 Å². The van der Waals surface area contributed by atoms with Crippen molar-refractivity contribution in [3.63, 3.8) is 0 Å². The summed E-state index contributed by atoms with van der Waals surface area (Å²) in [6, 6.07) is 7.54. The molecule has 2 amide bonds. The summed E-state index contributed by atoms with van der Waals surface area (Å²) < 4.78 is 3.23. The third-order valence-corrected chi connectivity index (χ3v) is 4.99. The SMILES string of the molecule is CCn1c(=O)n(CC(=O)N2CCC(CC(N)=O)CC2)c2ccccc21. The van der Waals surface area contributed by atoms with Gasteiger partial charge in [0.2, 0.25) is 11.8 Å². The highest BCUT2D eigenvalue weighted by molar-refractivity contribution is 5.81. The molecule has 1 aliphatic heterocycles. The molecule has 1 saturated heterocycles. The van der Waals surface area contributed by atoms with Crippen LogP contribution >= 0.6 is 0 Å². The molecule has 0 atom stereocenters. The minimum Gasteiger partial charge on any atom is -0.370 e. The van der Waals surface area contributed by atoms with Crippen LogP contribution in [0.5, 0.6) is 0 Å². The molecule has 0 radical (unpaired) electrons. The Balaban J connectivity index is 1.74. The van der Waals surface area contributed by atoms with E-state index in [0.717, 1.165) is 23.9 Å². The molecule has 25 heavy (non-hydrogen) atoms. The number of piperidine rings is 1. The molecule has 7 nitrogen and oxygen atoms in total. The highest BCUT2D eigenvalue weighted by atomic mass is 16.2. The smallest absolute Gasteiger partial charge is 0.329 e. The van der Waals surface area contributed by atoms with Gasteiger partial charge in [-0.25, -0.2) is 4.79 Å². The standard InChI is InChI=1S/C18H24N4O3/c1-2-21-14-5-3-4-6-15(14)22(18(21)25)12-17(24)20-9-7-13(8-10-20)11-16(19)23/h3-6,13H,2,7-12H2,1H3,(H2,19,23). The number of aromatic nitrogens is 2. The number of aryl methyl sites for hydroxylation is 1. The molecule has 0 bridgehead atoms. The summed E-state index contributed by atoms with van der Waals surface area (Å²) in [5, 5.41) is 0. The highest BCUT2D eigenvalue weighted by Gasteiger charge is 2.25. The number of fused-ring (bicyclic) bond motifs is 1. The van der Waals surface area contributed by atoms with Crippen molar-refractivity contribution in [3.8, 4) is 0 Å². The van der Waals surface area contributed by atoms with Crippen LogP contribution in [0, 0.1) is 5.92 Å². The third-order valence-electron chi connectivity index (χ3n) is 4.99. The number of carbonyl (C=O) groups is 2. The monoisotopic (exact) mass is 344 g/mol. The Morgan fingerprint density at radius 2 is 1.72 bits per heavy atom. The van der Waals surface area contributed by atoms with E-state index in [2.05, 4.69) is 0 Å². The van der Waals surface area contributed by atoms with Crippen LogP contribution in [0.4, 0.5) is 0 Å². The predicted molar refractivity (Wildman–Crippen MR) is 95.0 cm³/mol. The van der Waals surface area contributed by atoms with Crippen LogP contribution in [-0.4, -0.2) is 38.9 Å². The molecule has 3 rings (SSSR count). The Bertz CT molecular complexity index is 844. The van der Waals surface area contributed by atoms with Gasteiger partial charge >= 0.3 is 5.69 Å². The summed E-state index contributed by atoms with van der Waals surface area (Å²) in [7, 11) is 0. The first-order chi connectivity index (χ1) is 12.0. The van der Waals surface area contributed by atoms with Crippen LogP contribution < -0.4 is 11.4 Å². The number of primary amides is 1. The molecule has 2 aromatic rings. The number of benzene rings is 1. The molecule has 1 aromatic carbocycles. The number of nitrogens with two attached hydrogens (primary N) is 1. The second kappa shape index (κ2) is 7.13. The fourth-order valence-electron chi connectivity index (χ4n) is 3.64. The van der Waals surface area contributed by atoms with Crippen molar-refractivity contribution in [2.75, 3.05) is 13.1 Å². The van der Waals surface area contributed by atoms with Gasteiger partial charge in [0.1, 0.15) is 6.54 Å². The average molecular weight is 344 g/mol. The van der Waals surface area contributed by atoms with E-state index in [1.54, 1.807) is 14.0 Å². The molecular formula is C18H24N4O3. The van der Waals surface area contributed by atoms with Crippen LogP contribution in [0.2, 0.25) is 0 Å². The van der Waals surface area contributed by atoms with Gasteiger partial charge in [0, 0.05) is 26.1 Å². The molecule has 2 heterocycles. The first kappa shape index (κ1) is 17.3. The number of likely N-dealkylation sites (tertiary alicyclic amines) is 1. The van der Waals surface area contributed by atoms with Gasteiger partial charge in [0.25, 0.3) is 0 Å². The average Bonchev–Trinajstić information content (AvgIpc) is 2.86. The lowest BCUT2D eigenvalue weighted by Crippen LogP contribution is -2.42. The summed E-state index contributed by atoms with van der Waals surface area (Å²) in [4.78, 5) is 38.1. The van der Waals surface area contributed by atoms with Gasteiger partial charge in [0.15, 0.2) is 0 Å². The molecule has 2 N–H and O–H groups in total. The van der Waals surface area contributed by atoms with Gasteiger partial charge in [-0.05, 0) is 37.8 Å². The van der Waals surface area contributed by atoms with E-state index in [0.29, 0.717) is 26.1 Å². The highest BCUT2D eigenvalue weighted by Crippen LogP contribution is 2.21. The quantitative estimate of drug-likeness (QED) is 0.875. The topological polar surface area (TPSA) is 90.3 Å². The molecule has 0 saturated carbocycles. The molecule has 0 aliphatic carbocycles. The van der Waals surface area contributed by atoms with Gasteiger partial charge in [-0.3, -0.25) is 18.7 Å². The Hall–Kier alpha value is -2.57. The molecular weight excluding hydrogens is 320 g/mol. The summed E-state index contributed by atoms with van der Waals surface area (Å²) in [5.41, 5.74) is 6.73. The number of amides is 2. The maximum atomic E-state index is 12.7. The van der Waals surface area contributed by atoms with Crippen molar-refractivity contribution in [3.05, 3.63) is 34.7 Å². The van der Waals surface area contributed by atoms with Gasteiger partial charge in [-0.1, -0.05) is 12.1 Å². The maximum Gasteiger partial charge on any atom is 0.329 e. The minimum absolute atomic E-state index is 0.0484. The van der Waals surface area contributed by atoms with Crippen LogP contribution in [0.15, 0.2) is 29.1 Å². The largest absolute Gasteiger partial charge is 0.370 e. The van der Waals surface area contributed by atoms with Gasteiger partial charge in [0.05, 0.1) is 11.0 Å². The van der Waals surface area contributed by atoms with E-state index in [-0.39, 0.29) is 30.0 Å². The second-order valence-corrected chi connectivity index (χ2v) is 6.60. The van der Waals surface area contributed by atoms with Crippen molar-refractivity contribution in [2.45, 2.75) is 39.3 Å². The fourth-order valence-corrected chi connectivity index (χ4v) is 3.64. The van der Waals surface area contributed by atoms with Crippen LogP contribution in [-0.2, 0) is 22.7 Å². The zero-order valence-electron chi connectivity index (χ0n) is 14.5. The van der Waals surface area contributed by atoms with E-state index in [1.807, 2.05) is 31.2 Å². The lowest BCUT2D eigenvalue weighted by Gasteiger charge is -2.31. The number of nitrogens with zero attached hydrogens (tertiary/aromatic N) is 3. The van der Waals surface area contributed by atoms with Crippen molar-refractivity contribution in [1.29, 1.82) is 0 Å². The molecule has 1 aromatic heterocycles. The number of rotatable bonds is 5. The van der Waals surface area contributed by atoms with Crippen molar-refractivity contribution in [2.24, 2.45) is 11.7 Å². The first-order valence-electron chi connectivity index (χ1n) is 8.75. The Labute approximate surface area is 146 Å². The van der Waals surface area contributed by atoms with Gasteiger partial charge in [-0.2, -0.15) is 0 Å². The molecule has 1 aliphatic rings. The molecule has 1 fully saturated rings. The van der Waals surface area contributed by atoms with Gasteiger partial charge in [-0.15, -0.1) is 0 Å². The predicted octanol–water partition coefficient (Wildman–Crippen LogP) is 0.937. The van der Waals surface area contributed by atoms with E-state index in [1.165, 1.54) is 0 Å². The lowest BCUT2D eigenvalue weighted by molar-refractivity contribution is -0.133. The molecule has 0 spiro atoms. The summed E-state index contributed by atoms with van der Waals surface area (Å²) in [5.74, 6) is -0.0892. The fraction of sp³-hybridized carbons (Fsp3) is 0.500. The van der Waals surface area contributed by atoms with E-state index >= 15 is 0 Å². The van der Waals surface area contributed by atoms with E-state index < -0.39 is 0 Å². The number of imidazole rings is 1. The van der Waals surface area contributed by atoms with E-state index in [9.17, 15) is 14.4 Å². The third kappa shape index (κ3) is 3.45. The Morgan fingerprint density at radius 3 is 2.28 bits per heavy atom. The first-order valence-corrected chi connectivity index (χ1v) is 8.75. The van der Waals surface area contributed by atoms with Crippen molar-refractivity contribution < 1.29 is 9.59 Å². The zero-order valence-corrected chi connectivity index (χ0v) is 14.5. The summed E-state index contributed by atoms with van der Waals surface area (Å²) >= 11 is 0. The van der Waals surface area contributed by atoms with Crippen molar-refractivity contribution in [1.82, 2.24) is 14.0 Å². The van der Waals surface area contributed by atoms with Crippen molar-refractivity contribution >= 4 is 22.8 Å².